The highest BCUT2D eigenvalue weighted by Gasteiger charge is 2.27. The molecule has 0 N–H and O–H groups in total. The molecule has 0 saturated carbocycles. The first-order valence-electron chi connectivity index (χ1n) is 5.96. The van der Waals surface area contributed by atoms with E-state index in [1.807, 2.05) is 4.90 Å². The molecule has 0 aromatic heterocycles. The Morgan fingerprint density at radius 2 is 2.42 bits per heavy atom. The molecule has 0 radical (unpaired) electrons. The number of halogens is 2. The zero-order valence-electron chi connectivity index (χ0n) is 10.6. The van der Waals surface area contributed by atoms with Crippen molar-refractivity contribution in [1.29, 1.82) is 0 Å². The predicted octanol–water partition coefficient (Wildman–Crippen LogP) is 1.85. The van der Waals surface area contributed by atoms with E-state index in [1.54, 1.807) is 6.07 Å². The lowest BCUT2D eigenvalue weighted by molar-refractivity contribution is -0.160. The molecule has 1 aromatic carbocycles. The molecule has 0 amide bonds. The Hall–Kier alpha value is -1.17. The Morgan fingerprint density at radius 3 is 3.11 bits per heavy atom. The number of carbonyl (C=O) groups is 1. The maximum atomic E-state index is 13.0. The van der Waals surface area contributed by atoms with E-state index in [2.05, 4.69) is 4.74 Å². The van der Waals surface area contributed by atoms with Gasteiger partial charge in [-0.25, -0.2) is 9.18 Å². The van der Waals surface area contributed by atoms with Gasteiger partial charge in [-0.1, -0.05) is 17.7 Å². The van der Waals surface area contributed by atoms with Crippen LogP contribution in [-0.2, 0) is 20.8 Å². The molecular formula is C13H15ClFNO3. The first kappa shape index (κ1) is 14.2. The number of morpholine rings is 1. The summed E-state index contributed by atoms with van der Waals surface area (Å²) >= 11 is 5.99. The minimum absolute atomic E-state index is 0.358. The highest BCUT2D eigenvalue weighted by Crippen LogP contribution is 2.20. The molecular weight excluding hydrogens is 273 g/mol. The van der Waals surface area contributed by atoms with Gasteiger partial charge in [0.2, 0.25) is 0 Å². The molecule has 0 spiro atoms. The van der Waals surface area contributed by atoms with Crippen molar-refractivity contribution < 1.29 is 18.7 Å². The quantitative estimate of drug-likeness (QED) is 0.796. The van der Waals surface area contributed by atoms with Gasteiger partial charge in [0.25, 0.3) is 0 Å². The van der Waals surface area contributed by atoms with Crippen molar-refractivity contribution in [3.8, 4) is 0 Å². The van der Waals surface area contributed by atoms with Crippen LogP contribution in [0.1, 0.15) is 5.56 Å². The van der Waals surface area contributed by atoms with E-state index in [0.717, 1.165) is 5.56 Å². The number of carbonyl (C=O) groups excluding carboxylic acids is 1. The predicted molar refractivity (Wildman–Crippen MR) is 68.4 cm³/mol. The smallest absolute Gasteiger partial charge is 0.336 e. The number of hydrogen-bond donors (Lipinski definition) is 0. The van der Waals surface area contributed by atoms with Crippen LogP contribution in [0.5, 0.6) is 0 Å². The molecule has 2 rings (SSSR count). The maximum absolute atomic E-state index is 13.0. The molecule has 4 nitrogen and oxygen atoms in total. The first-order valence-corrected chi connectivity index (χ1v) is 6.33. The van der Waals surface area contributed by atoms with Gasteiger partial charge in [0.1, 0.15) is 5.82 Å². The lowest BCUT2D eigenvalue weighted by Crippen LogP contribution is -2.46. The van der Waals surface area contributed by atoms with Gasteiger partial charge < -0.3 is 9.47 Å². The summed E-state index contributed by atoms with van der Waals surface area (Å²) in [7, 11) is 1.33. The standard InChI is InChI=1S/C13H15ClFNO3/c1-18-13(17)12-8-16(4-5-19-12)7-9-2-3-10(15)6-11(9)14/h2-3,6,12H,4-5,7-8H2,1H3. The summed E-state index contributed by atoms with van der Waals surface area (Å²) in [5.74, 6) is -0.738. The van der Waals surface area contributed by atoms with Crippen LogP contribution in [0, 0.1) is 5.82 Å². The molecule has 1 aliphatic rings. The summed E-state index contributed by atoms with van der Waals surface area (Å²) in [5.41, 5.74) is 0.827. The Bertz CT molecular complexity index is 469. The highest BCUT2D eigenvalue weighted by molar-refractivity contribution is 6.31. The van der Waals surface area contributed by atoms with Crippen molar-refractivity contribution in [3.05, 3.63) is 34.6 Å². The Kier molecular flexibility index (Phi) is 4.74. The lowest BCUT2D eigenvalue weighted by atomic mass is 10.2. The normalized spacial score (nSPS) is 20.3. The molecule has 104 valence electrons. The second-order valence-corrected chi connectivity index (χ2v) is 4.76. The molecule has 1 fully saturated rings. The summed E-state index contributed by atoms with van der Waals surface area (Å²) in [6.45, 7) is 2.15. The summed E-state index contributed by atoms with van der Waals surface area (Å²) < 4.78 is 23.0. The molecule has 19 heavy (non-hydrogen) atoms. The van der Waals surface area contributed by atoms with Gasteiger partial charge >= 0.3 is 5.97 Å². The lowest BCUT2D eigenvalue weighted by Gasteiger charge is -2.31. The van der Waals surface area contributed by atoms with E-state index in [9.17, 15) is 9.18 Å². The number of methoxy groups -OCH3 is 1. The molecule has 6 heteroatoms. The summed E-state index contributed by atoms with van der Waals surface area (Å²) in [5, 5.41) is 0.390. The van der Waals surface area contributed by atoms with E-state index in [0.29, 0.717) is 31.3 Å². The third kappa shape index (κ3) is 3.65. The van der Waals surface area contributed by atoms with Gasteiger partial charge in [0, 0.05) is 24.7 Å². The fraction of sp³-hybridized carbons (Fsp3) is 0.462. The van der Waals surface area contributed by atoms with E-state index >= 15 is 0 Å². The SMILES string of the molecule is COC(=O)C1CN(Cc2ccc(F)cc2Cl)CCO1. The van der Waals surface area contributed by atoms with Crippen LogP contribution in [0.4, 0.5) is 4.39 Å². The third-order valence-corrected chi connectivity index (χ3v) is 3.38. The molecule has 0 bridgehead atoms. The van der Waals surface area contributed by atoms with Crippen molar-refractivity contribution in [2.45, 2.75) is 12.6 Å². The van der Waals surface area contributed by atoms with Gasteiger partial charge in [-0.05, 0) is 17.7 Å². The fourth-order valence-corrected chi connectivity index (χ4v) is 2.24. The molecule has 1 atom stereocenters. The molecule has 1 saturated heterocycles. The van der Waals surface area contributed by atoms with Crippen LogP contribution < -0.4 is 0 Å². The van der Waals surface area contributed by atoms with Crippen LogP contribution in [0.15, 0.2) is 18.2 Å². The topological polar surface area (TPSA) is 38.8 Å². The maximum Gasteiger partial charge on any atom is 0.336 e. The van der Waals surface area contributed by atoms with Gasteiger partial charge in [-0.3, -0.25) is 4.90 Å². The molecule has 1 aromatic rings. The van der Waals surface area contributed by atoms with Crippen molar-refractivity contribution in [3.63, 3.8) is 0 Å². The monoisotopic (exact) mass is 287 g/mol. The van der Waals surface area contributed by atoms with E-state index in [4.69, 9.17) is 16.3 Å². The molecule has 1 aliphatic heterocycles. The Balaban J connectivity index is 2.00. The van der Waals surface area contributed by atoms with E-state index in [-0.39, 0.29) is 11.8 Å². The minimum Gasteiger partial charge on any atom is -0.467 e. The van der Waals surface area contributed by atoms with E-state index in [1.165, 1.54) is 19.2 Å². The second kappa shape index (κ2) is 6.32. The van der Waals surface area contributed by atoms with Crippen LogP contribution in [0.3, 0.4) is 0 Å². The van der Waals surface area contributed by atoms with Crippen molar-refractivity contribution in [1.82, 2.24) is 4.90 Å². The Morgan fingerprint density at radius 1 is 1.63 bits per heavy atom. The molecule has 0 aliphatic carbocycles. The first-order chi connectivity index (χ1) is 9.10. The van der Waals surface area contributed by atoms with Crippen LogP contribution >= 0.6 is 11.6 Å². The van der Waals surface area contributed by atoms with Gasteiger partial charge in [0.05, 0.1) is 13.7 Å². The van der Waals surface area contributed by atoms with Crippen molar-refractivity contribution in [2.75, 3.05) is 26.8 Å². The Labute approximate surface area is 116 Å². The zero-order chi connectivity index (χ0) is 13.8. The van der Waals surface area contributed by atoms with Crippen molar-refractivity contribution >= 4 is 17.6 Å². The zero-order valence-corrected chi connectivity index (χ0v) is 11.3. The molecule has 1 unspecified atom stereocenters. The number of hydrogen-bond acceptors (Lipinski definition) is 4. The van der Waals surface area contributed by atoms with Gasteiger partial charge in [-0.2, -0.15) is 0 Å². The number of nitrogens with zero attached hydrogens (tertiary/aromatic N) is 1. The summed E-state index contributed by atoms with van der Waals surface area (Å²) in [6.07, 6.45) is -0.571. The van der Waals surface area contributed by atoms with Crippen LogP contribution in [0.25, 0.3) is 0 Å². The minimum atomic E-state index is -0.571. The average molecular weight is 288 g/mol. The fourth-order valence-electron chi connectivity index (χ4n) is 2.01. The summed E-state index contributed by atoms with van der Waals surface area (Å²) in [6, 6.07) is 4.31. The highest BCUT2D eigenvalue weighted by atomic mass is 35.5. The largest absolute Gasteiger partial charge is 0.467 e. The van der Waals surface area contributed by atoms with Crippen LogP contribution in [-0.4, -0.2) is 43.8 Å². The number of benzene rings is 1. The number of esters is 1. The number of rotatable bonds is 3. The summed E-state index contributed by atoms with van der Waals surface area (Å²) in [4.78, 5) is 13.5. The number of ether oxygens (including phenoxy) is 2. The van der Waals surface area contributed by atoms with Crippen LogP contribution in [0.2, 0.25) is 5.02 Å². The molecule has 1 heterocycles. The van der Waals surface area contributed by atoms with Crippen molar-refractivity contribution in [2.24, 2.45) is 0 Å². The van der Waals surface area contributed by atoms with Gasteiger partial charge in [0.15, 0.2) is 6.10 Å². The van der Waals surface area contributed by atoms with E-state index < -0.39 is 6.10 Å². The second-order valence-electron chi connectivity index (χ2n) is 4.35. The average Bonchev–Trinajstić information content (AvgIpc) is 2.41. The van der Waals surface area contributed by atoms with Gasteiger partial charge in [-0.15, -0.1) is 0 Å². The third-order valence-electron chi connectivity index (χ3n) is 3.02.